The molecule has 104 valence electrons. The topological polar surface area (TPSA) is 41.6 Å². The van der Waals surface area contributed by atoms with E-state index in [1.54, 1.807) is 23.8 Å². The lowest BCUT2D eigenvalue weighted by molar-refractivity contribution is -0.131. The zero-order valence-corrected chi connectivity index (χ0v) is 12.2. The van der Waals surface area contributed by atoms with Crippen molar-refractivity contribution in [2.75, 3.05) is 32.3 Å². The van der Waals surface area contributed by atoms with E-state index < -0.39 is 0 Å². The molecule has 1 unspecified atom stereocenters. The van der Waals surface area contributed by atoms with Gasteiger partial charge in [-0.1, -0.05) is 18.2 Å². The second-order valence-corrected chi connectivity index (χ2v) is 5.62. The second kappa shape index (κ2) is 6.82. The summed E-state index contributed by atoms with van der Waals surface area (Å²) in [5.41, 5.74) is 1.14. The van der Waals surface area contributed by atoms with Gasteiger partial charge in [0, 0.05) is 25.2 Å². The lowest BCUT2D eigenvalue weighted by atomic mass is 10.1. The number of hydrogen-bond donors (Lipinski definition) is 1. The molecule has 4 nitrogen and oxygen atoms in total. The van der Waals surface area contributed by atoms with Gasteiger partial charge in [0.1, 0.15) is 5.75 Å². The number of ether oxygens (including phenoxy) is 1. The first-order chi connectivity index (χ1) is 9.22. The number of carbonyl (C=O) groups is 1. The zero-order chi connectivity index (χ0) is 13.7. The normalized spacial score (nSPS) is 18.3. The largest absolute Gasteiger partial charge is 0.496 e. The Hall–Kier alpha value is -1.20. The summed E-state index contributed by atoms with van der Waals surface area (Å²) in [6.07, 6.45) is 0.812. The van der Waals surface area contributed by atoms with Crippen LogP contribution >= 0.6 is 11.8 Å². The fourth-order valence-corrected chi connectivity index (χ4v) is 3.06. The first kappa shape index (κ1) is 14.2. The number of hydrogen-bond acceptors (Lipinski definition) is 4. The van der Waals surface area contributed by atoms with E-state index in [1.807, 2.05) is 31.3 Å². The second-order valence-electron chi connectivity index (χ2n) is 4.59. The molecule has 0 aromatic heterocycles. The Morgan fingerprint density at radius 2 is 2.32 bits per heavy atom. The van der Waals surface area contributed by atoms with Gasteiger partial charge >= 0.3 is 0 Å². The number of methoxy groups -OCH3 is 1. The van der Waals surface area contributed by atoms with Gasteiger partial charge in [0.2, 0.25) is 5.91 Å². The molecule has 0 aliphatic carbocycles. The number of benzene rings is 1. The summed E-state index contributed by atoms with van der Waals surface area (Å²) in [7, 11) is 3.54. The molecule has 1 saturated heterocycles. The number of para-hydroxylation sites is 1. The number of nitrogens with zero attached hydrogens (tertiary/aromatic N) is 1. The lowest BCUT2D eigenvalue weighted by Gasteiger charge is -2.21. The summed E-state index contributed by atoms with van der Waals surface area (Å²) in [4.78, 5) is 13.9. The van der Waals surface area contributed by atoms with Crippen molar-refractivity contribution in [3.8, 4) is 5.75 Å². The highest BCUT2D eigenvalue weighted by atomic mass is 32.2. The van der Waals surface area contributed by atoms with Crippen LogP contribution in [0, 0.1) is 0 Å². The van der Waals surface area contributed by atoms with Crippen molar-refractivity contribution in [1.82, 2.24) is 10.2 Å². The number of thioether (sulfide) groups is 1. The Morgan fingerprint density at radius 1 is 1.53 bits per heavy atom. The highest BCUT2D eigenvalue weighted by molar-refractivity contribution is 7.99. The standard InChI is InChI=1S/C14H20N2O2S/c1-16(14(17)12-9-19-10-15-12)8-7-11-5-3-4-6-13(11)18-2/h3-6,12,15H,7-10H2,1-2H3. The van der Waals surface area contributed by atoms with E-state index in [0.717, 1.165) is 29.4 Å². The number of rotatable bonds is 5. The molecule has 0 bridgehead atoms. The lowest BCUT2D eigenvalue weighted by Crippen LogP contribution is -2.43. The van der Waals surface area contributed by atoms with E-state index in [1.165, 1.54) is 0 Å². The van der Waals surface area contributed by atoms with Gasteiger partial charge in [-0.15, -0.1) is 11.8 Å². The molecule has 1 amide bonds. The van der Waals surface area contributed by atoms with Gasteiger partial charge in [0.05, 0.1) is 13.2 Å². The van der Waals surface area contributed by atoms with Crippen LogP contribution in [0.2, 0.25) is 0 Å². The van der Waals surface area contributed by atoms with Crippen LogP contribution in [0.5, 0.6) is 5.75 Å². The van der Waals surface area contributed by atoms with Gasteiger partial charge < -0.3 is 9.64 Å². The minimum absolute atomic E-state index is 0.0207. The van der Waals surface area contributed by atoms with Crippen LogP contribution < -0.4 is 10.1 Å². The van der Waals surface area contributed by atoms with Gasteiger partial charge in [-0.2, -0.15) is 0 Å². The molecule has 1 fully saturated rings. The van der Waals surface area contributed by atoms with Crippen molar-refractivity contribution in [2.24, 2.45) is 0 Å². The fourth-order valence-electron chi connectivity index (χ4n) is 2.13. The highest BCUT2D eigenvalue weighted by Crippen LogP contribution is 2.18. The average Bonchev–Trinajstić information content (AvgIpc) is 2.98. The summed E-state index contributed by atoms with van der Waals surface area (Å²) in [6.45, 7) is 0.710. The van der Waals surface area contributed by atoms with Crippen molar-refractivity contribution < 1.29 is 9.53 Å². The molecular weight excluding hydrogens is 260 g/mol. The van der Waals surface area contributed by atoms with Crippen LogP contribution in [0.15, 0.2) is 24.3 Å². The van der Waals surface area contributed by atoms with Gasteiger partial charge in [-0.3, -0.25) is 10.1 Å². The predicted octanol–water partition coefficient (Wildman–Crippen LogP) is 1.36. The molecule has 0 saturated carbocycles. The van der Waals surface area contributed by atoms with Crippen LogP contribution in [0.1, 0.15) is 5.56 Å². The maximum absolute atomic E-state index is 12.1. The fraction of sp³-hybridized carbons (Fsp3) is 0.500. The third kappa shape index (κ3) is 3.64. The maximum atomic E-state index is 12.1. The maximum Gasteiger partial charge on any atom is 0.240 e. The molecule has 5 heteroatoms. The molecule has 2 rings (SSSR count). The smallest absolute Gasteiger partial charge is 0.240 e. The van der Waals surface area contributed by atoms with E-state index in [-0.39, 0.29) is 11.9 Å². The van der Waals surface area contributed by atoms with E-state index in [9.17, 15) is 4.79 Å². The summed E-state index contributed by atoms with van der Waals surface area (Å²) in [5, 5.41) is 3.21. The van der Waals surface area contributed by atoms with Gasteiger partial charge in [-0.25, -0.2) is 0 Å². The predicted molar refractivity (Wildman–Crippen MR) is 78.6 cm³/mol. The van der Waals surface area contributed by atoms with Crippen LogP contribution in [0.25, 0.3) is 0 Å². The zero-order valence-electron chi connectivity index (χ0n) is 11.4. The first-order valence-corrected chi connectivity index (χ1v) is 7.56. The third-order valence-electron chi connectivity index (χ3n) is 3.30. The monoisotopic (exact) mass is 280 g/mol. The van der Waals surface area contributed by atoms with E-state index in [0.29, 0.717) is 6.54 Å². The Labute approximate surface area is 118 Å². The van der Waals surface area contributed by atoms with Crippen molar-refractivity contribution in [3.05, 3.63) is 29.8 Å². The SMILES string of the molecule is COc1ccccc1CCN(C)C(=O)C1CSCN1. The first-order valence-electron chi connectivity index (χ1n) is 6.40. The summed E-state index contributed by atoms with van der Waals surface area (Å²) in [5.74, 6) is 2.81. The third-order valence-corrected chi connectivity index (χ3v) is 4.24. The molecule has 1 aliphatic rings. The minimum Gasteiger partial charge on any atom is -0.496 e. The Morgan fingerprint density at radius 3 is 3.00 bits per heavy atom. The van der Waals surface area contributed by atoms with Crippen LogP contribution in [-0.2, 0) is 11.2 Å². The molecular formula is C14H20N2O2S. The molecule has 1 aromatic carbocycles. The van der Waals surface area contributed by atoms with E-state index in [2.05, 4.69) is 5.32 Å². The molecule has 1 aliphatic heterocycles. The van der Waals surface area contributed by atoms with Crippen molar-refractivity contribution in [1.29, 1.82) is 0 Å². The average molecular weight is 280 g/mol. The highest BCUT2D eigenvalue weighted by Gasteiger charge is 2.25. The minimum atomic E-state index is -0.0207. The molecule has 1 N–H and O–H groups in total. The molecule has 1 aromatic rings. The number of nitrogens with one attached hydrogen (secondary N) is 1. The van der Waals surface area contributed by atoms with Gasteiger partial charge in [0.15, 0.2) is 0 Å². The Bertz CT molecular complexity index is 433. The van der Waals surface area contributed by atoms with Crippen molar-refractivity contribution in [3.63, 3.8) is 0 Å². The number of carbonyl (C=O) groups excluding carboxylic acids is 1. The Balaban J connectivity index is 1.88. The van der Waals surface area contributed by atoms with Gasteiger partial charge in [-0.05, 0) is 18.1 Å². The van der Waals surface area contributed by atoms with E-state index in [4.69, 9.17) is 4.74 Å². The van der Waals surface area contributed by atoms with Crippen LogP contribution in [0.4, 0.5) is 0 Å². The summed E-state index contributed by atoms with van der Waals surface area (Å²) < 4.78 is 5.32. The van der Waals surface area contributed by atoms with Crippen LogP contribution in [0.3, 0.4) is 0 Å². The Kier molecular flexibility index (Phi) is 5.10. The molecule has 1 heterocycles. The quantitative estimate of drug-likeness (QED) is 0.884. The van der Waals surface area contributed by atoms with Crippen molar-refractivity contribution >= 4 is 17.7 Å². The van der Waals surface area contributed by atoms with Gasteiger partial charge in [0.25, 0.3) is 0 Å². The molecule has 0 spiro atoms. The number of likely N-dealkylation sites (N-methyl/N-ethyl adjacent to an activating group) is 1. The summed E-state index contributed by atoms with van der Waals surface area (Å²) >= 11 is 1.77. The number of amides is 1. The molecule has 1 atom stereocenters. The van der Waals surface area contributed by atoms with Crippen molar-refractivity contribution in [2.45, 2.75) is 12.5 Å². The van der Waals surface area contributed by atoms with E-state index >= 15 is 0 Å². The summed E-state index contributed by atoms with van der Waals surface area (Å²) in [6, 6.07) is 7.92. The molecule has 0 radical (unpaired) electrons. The molecule has 19 heavy (non-hydrogen) atoms. The van der Waals surface area contributed by atoms with Crippen LogP contribution in [-0.4, -0.2) is 49.2 Å².